The van der Waals surface area contributed by atoms with Crippen molar-refractivity contribution in [3.63, 3.8) is 0 Å². The number of nitrogens with zero attached hydrogens (tertiary/aromatic N) is 4. The maximum Gasteiger partial charge on any atom is 0.255 e. The first kappa shape index (κ1) is 13.7. The average molecular weight is 320 g/mol. The number of hydrogen-bond acceptors (Lipinski definition) is 5. The molecule has 1 aliphatic carbocycles. The van der Waals surface area contributed by atoms with Crippen LogP contribution in [0.4, 0.5) is 0 Å². The van der Waals surface area contributed by atoms with Crippen molar-refractivity contribution in [2.75, 3.05) is 12.4 Å². The van der Waals surface area contributed by atoms with Gasteiger partial charge in [0.15, 0.2) is 0 Å². The average Bonchev–Trinajstić information content (AvgIpc) is 3.13. The maximum absolute atomic E-state index is 12.5. The molecule has 0 spiro atoms. The van der Waals surface area contributed by atoms with Gasteiger partial charge in [-0.15, -0.1) is 10.2 Å². The van der Waals surface area contributed by atoms with E-state index in [1.165, 1.54) is 0 Å². The zero-order valence-electron chi connectivity index (χ0n) is 12.1. The normalized spacial score (nSPS) is 15.9. The molecule has 0 aliphatic heterocycles. The van der Waals surface area contributed by atoms with Gasteiger partial charge in [-0.25, -0.2) is 12.8 Å². The number of aromatic nitrogens is 4. The molecular weight excluding hydrogens is 304 g/mol. The third-order valence-electron chi connectivity index (χ3n) is 3.91. The topological polar surface area (TPSA) is 78.5 Å². The van der Waals surface area contributed by atoms with Crippen LogP contribution in [0.15, 0.2) is 29.4 Å². The minimum absolute atomic E-state index is 0.0151. The second-order valence-electron chi connectivity index (χ2n) is 5.55. The standard InChI is InChI=1S/C14H16N4O3S/c1-17-11-4-2-3-5-12(11)18-13(17)15-16-14(18)22(19,20)9-8-21-10-6-7-10/h2-5,10H,6-9H2,1H3. The molecule has 2 heterocycles. The summed E-state index contributed by atoms with van der Waals surface area (Å²) in [7, 11) is -1.69. The van der Waals surface area contributed by atoms with Gasteiger partial charge >= 0.3 is 0 Å². The van der Waals surface area contributed by atoms with Crippen molar-refractivity contribution in [2.24, 2.45) is 7.05 Å². The van der Waals surface area contributed by atoms with Gasteiger partial charge in [-0.05, 0) is 25.0 Å². The number of sulfone groups is 1. The number of imidazole rings is 1. The molecule has 0 saturated heterocycles. The van der Waals surface area contributed by atoms with E-state index in [0.717, 1.165) is 23.9 Å². The van der Waals surface area contributed by atoms with Crippen molar-refractivity contribution in [1.82, 2.24) is 19.2 Å². The summed E-state index contributed by atoms with van der Waals surface area (Å²) in [5.41, 5.74) is 1.70. The maximum atomic E-state index is 12.5. The van der Waals surface area contributed by atoms with Gasteiger partial charge in [-0.2, -0.15) is 0 Å². The second kappa shape index (κ2) is 4.79. The van der Waals surface area contributed by atoms with Crippen molar-refractivity contribution < 1.29 is 13.2 Å². The van der Waals surface area contributed by atoms with E-state index in [0.29, 0.717) is 5.78 Å². The van der Waals surface area contributed by atoms with Gasteiger partial charge in [-0.3, -0.25) is 0 Å². The van der Waals surface area contributed by atoms with Crippen LogP contribution < -0.4 is 0 Å². The Hall–Kier alpha value is -1.93. The number of aryl methyl sites for hydroxylation is 1. The SMILES string of the molecule is Cn1c2ccccc2n2c(S(=O)(=O)CCOC3CC3)nnc12. The Morgan fingerprint density at radius 3 is 2.68 bits per heavy atom. The Labute approximate surface area is 127 Å². The Morgan fingerprint density at radius 2 is 1.95 bits per heavy atom. The molecule has 8 heteroatoms. The van der Waals surface area contributed by atoms with E-state index in [1.807, 2.05) is 35.9 Å². The minimum atomic E-state index is -3.54. The number of ether oxygens (including phenoxy) is 1. The van der Waals surface area contributed by atoms with E-state index < -0.39 is 9.84 Å². The molecule has 4 rings (SSSR count). The lowest BCUT2D eigenvalue weighted by Crippen LogP contribution is -2.16. The molecule has 0 amide bonds. The summed E-state index contributed by atoms with van der Waals surface area (Å²) in [5, 5.41) is 7.92. The third-order valence-corrected chi connectivity index (χ3v) is 5.43. The lowest BCUT2D eigenvalue weighted by Gasteiger charge is -2.03. The van der Waals surface area contributed by atoms with Gasteiger partial charge in [0, 0.05) is 7.05 Å². The molecule has 0 radical (unpaired) electrons. The lowest BCUT2D eigenvalue weighted by molar-refractivity contribution is 0.134. The first-order valence-corrected chi connectivity index (χ1v) is 8.86. The fourth-order valence-electron chi connectivity index (χ4n) is 2.59. The predicted molar refractivity (Wildman–Crippen MR) is 80.5 cm³/mol. The molecular formula is C14H16N4O3S. The zero-order chi connectivity index (χ0) is 15.3. The van der Waals surface area contributed by atoms with Crippen molar-refractivity contribution in [3.05, 3.63) is 24.3 Å². The first-order valence-electron chi connectivity index (χ1n) is 7.21. The number of benzene rings is 1. The van der Waals surface area contributed by atoms with E-state index in [2.05, 4.69) is 10.2 Å². The third kappa shape index (κ3) is 2.10. The van der Waals surface area contributed by atoms with Gasteiger partial charge in [0.1, 0.15) is 0 Å². The highest BCUT2D eigenvalue weighted by molar-refractivity contribution is 7.91. The zero-order valence-corrected chi connectivity index (χ0v) is 13.0. The highest BCUT2D eigenvalue weighted by Crippen LogP contribution is 2.24. The molecule has 0 N–H and O–H groups in total. The molecule has 1 saturated carbocycles. The summed E-state index contributed by atoms with van der Waals surface area (Å²) in [6.45, 7) is 0.201. The van der Waals surface area contributed by atoms with Crippen LogP contribution in [0.2, 0.25) is 0 Å². The molecule has 2 aromatic heterocycles. The van der Waals surface area contributed by atoms with E-state index >= 15 is 0 Å². The van der Waals surface area contributed by atoms with Crippen molar-refractivity contribution in [1.29, 1.82) is 0 Å². The monoisotopic (exact) mass is 320 g/mol. The van der Waals surface area contributed by atoms with Gasteiger partial charge in [-0.1, -0.05) is 12.1 Å². The number of para-hydroxylation sites is 2. The summed E-state index contributed by atoms with van der Waals surface area (Å²) in [6.07, 6.45) is 2.29. The highest BCUT2D eigenvalue weighted by Gasteiger charge is 2.27. The molecule has 0 unspecified atom stereocenters. The van der Waals surface area contributed by atoms with Crippen molar-refractivity contribution >= 4 is 26.6 Å². The van der Waals surface area contributed by atoms with Crippen LogP contribution in [-0.2, 0) is 21.6 Å². The summed E-state index contributed by atoms with van der Waals surface area (Å²) in [5.74, 6) is 0.441. The summed E-state index contributed by atoms with van der Waals surface area (Å²) in [6, 6.07) is 7.57. The Bertz CT molecular complexity index is 953. The van der Waals surface area contributed by atoms with Crippen LogP contribution in [0.5, 0.6) is 0 Å². The van der Waals surface area contributed by atoms with E-state index in [4.69, 9.17) is 4.74 Å². The minimum Gasteiger partial charge on any atom is -0.377 e. The van der Waals surface area contributed by atoms with E-state index in [-0.39, 0.29) is 23.6 Å². The van der Waals surface area contributed by atoms with Gasteiger partial charge < -0.3 is 9.30 Å². The molecule has 116 valence electrons. The summed E-state index contributed by atoms with van der Waals surface area (Å²) < 4.78 is 34.0. The van der Waals surface area contributed by atoms with Crippen LogP contribution in [0, 0.1) is 0 Å². The summed E-state index contributed by atoms with van der Waals surface area (Å²) >= 11 is 0. The van der Waals surface area contributed by atoms with Crippen molar-refractivity contribution in [2.45, 2.75) is 24.1 Å². The van der Waals surface area contributed by atoms with Crippen LogP contribution in [-0.4, -0.2) is 46.0 Å². The molecule has 0 atom stereocenters. The van der Waals surface area contributed by atoms with Crippen LogP contribution in [0.3, 0.4) is 0 Å². The second-order valence-corrected chi connectivity index (χ2v) is 7.56. The molecule has 1 aromatic carbocycles. The van der Waals surface area contributed by atoms with Crippen molar-refractivity contribution in [3.8, 4) is 0 Å². The smallest absolute Gasteiger partial charge is 0.255 e. The molecule has 1 aliphatic rings. The van der Waals surface area contributed by atoms with E-state index in [9.17, 15) is 8.42 Å². The molecule has 3 aromatic rings. The van der Waals surface area contributed by atoms with E-state index in [1.54, 1.807) is 4.40 Å². The predicted octanol–water partition coefficient (Wildman–Crippen LogP) is 1.17. The highest BCUT2D eigenvalue weighted by atomic mass is 32.2. The molecule has 1 fully saturated rings. The first-order chi connectivity index (χ1) is 10.6. The molecule has 22 heavy (non-hydrogen) atoms. The number of fused-ring (bicyclic) bond motifs is 3. The van der Waals surface area contributed by atoms with Crippen LogP contribution in [0.25, 0.3) is 16.8 Å². The Balaban J connectivity index is 1.79. The quantitative estimate of drug-likeness (QED) is 0.705. The Morgan fingerprint density at radius 1 is 1.23 bits per heavy atom. The molecule has 0 bridgehead atoms. The van der Waals surface area contributed by atoms with Gasteiger partial charge in [0.05, 0.1) is 29.5 Å². The number of hydrogen-bond donors (Lipinski definition) is 0. The lowest BCUT2D eigenvalue weighted by atomic mass is 10.3. The summed E-state index contributed by atoms with van der Waals surface area (Å²) in [4.78, 5) is 0. The number of rotatable bonds is 5. The van der Waals surface area contributed by atoms with Crippen LogP contribution in [0.1, 0.15) is 12.8 Å². The van der Waals surface area contributed by atoms with Crippen LogP contribution >= 0.6 is 0 Å². The van der Waals surface area contributed by atoms with Gasteiger partial charge in [0.2, 0.25) is 15.6 Å². The fraction of sp³-hybridized carbons (Fsp3) is 0.429. The van der Waals surface area contributed by atoms with Gasteiger partial charge in [0.25, 0.3) is 5.16 Å². The fourth-order valence-corrected chi connectivity index (χ4v) is 3.71. The Kier molecular flexibility index (Phi) is 2.98. The molecule has 7 nitrogen and oxygen atoms in total. The largest absolute Gasteiger partial charge is 0.377 e.